The minimum absolute atomic E-state index is 0.0122. The largest absolute Gasteiger partial charge is 0.338 e. The zero-order chi connectivity index (χ0) is 18.4. The van der Waals surface area contributed by atoms with Gasteiger partial charge < -0.3 is 10.2 Å². The quantitative estimate of drug-likeness (QED) is 0.833. The van der Waals surface area contributed by atoms with E-state index in [-0.39, 0.29) is 6.03 Å². The number of carbonyl (C=O) groups is 1. The van der Waals surface area contributed by atoms with Crippen LogP contribution in [0, 0.1) is 0 Å². The molecule has 4 nitrogen and oxygen atoms in total. The van der Waals surface area contributed by atoms with Gasteiger partial charge in [-0.3, -0.25) is 4.90 Å². The van der Waals surface area contributed by atoms with Crippen molar-refractivity contribution in [2.24, 2.45) is 0 Å². The number of hydrogen-bond donors (Lipinski definition) is 1. The summed E-state index contributed by atoms with van der Waals surface area (Å²) in [6.45, 7) is 4.76. The van der Waals surface area contributed by atoms with Crippen LogP contribution in [0.2, 0.25) is 10.0 Å². The van der Waals surface area contributed by atoms with Crippen molar-refractivity contribution in [3.63, 3.8) is 0 Å². The zero-order valence-electron chi connectivity index (χ0n) is 14.6. The molecule has 0 saturated carbocycles. The maximum absolute atomic E-state index is 12.3. The zero-order valence-corrected chi connectivity index (χ0v) is 16.1. The van der Waals surface area contributed by atoms with E-state index in [1.54, 1.807) is 0 Å². The summed E-state index contributed by atoms with van der Waals surface area (Å²) in [5, 5.41) is 4.49. The lowest BCUT2D eigenvalue weighted by molar-refractivity contribution is 0.135. The Morgan fingerprint density at radius 1 is 0.923 bits per heavy atom. The number of amides is 2. The van der Waals surface area contributed by atoms with Crippen molar-refractivity contribution in [3.8, 4) is 0 Å². The lowest BCUT2D eigenvalue weighted by Crippen LogP contribution is -2.51. The Kier molecular flexibility index (Phi) is 6.78. The molecule has 0 aromatic heterocycles. The Labute approximate surface area is 164 Å². The van der Waals surface area contributed by atoms with Crippen molar-refractivity contribution in [2.45, 2.75) is 13.0 Å². The number of nitrogens with zero attached hydrogens (tertiary/aromatic N) is 2. The van der Waals surface area contributed by atoms with Crippen molar-refractivity contribution < 1.29 is 4.79 Å². The molecular formula is C20H23Cl2N3O. The fourth-order valence-electron chi connectivity index (χ4n) is 3.08. The third kappa shape index (κ3) is 5.63. The Morgan fingerprint density at radius 3 is 2.35 bits per heavy atom. The van der Waals surface area contributed by atoms with Crippen LogP contribution in [0.1, 0.15) is 11.1 Å². The van der Waals surface area contributed by atoms with Gasteiger partial charge in [0.25, 0.3) is 0 Å². The average Bonchev–Trinajstić information content (AvgIpc) is 2.64. The second-order valence-corrected chi connectivity index (χ2v) is 7.37. The van der Waals surface area contributed by atoms with E-state index >= 15 is 0 Å². The van der Waals surface area contributed by atoms with Gasteiger partial charge in [-0.2, -0.15) is 0 Å². The van der Waals surface area contributed by atoms with Crippen LogP contribution >= 0.6 is 23.2 Å². The molecule has 1 N–H and O–H groups in total. The lowest BCUT2D eigenvalue weighted by Gasteiger charge is -2.34. The molecule has 1 aliphatic rings. The minimum atomic E-state index is 0.0122. The number of carbonyl (C=O) groups excluding carboxylic acids is 1. The average molecular weight is 392 g/mol. The van der Waals surface area contributed by atoms with Crippen LogP contribution in [-0.2, 0) is 13.0 Å². The van der Waals surface area contributed by atoms with E-state index in [9.17, 15) is 4.79 Å². The maximum Gasteiger partial charge on any atom is 0.317 e. The predicted octanol–water partition coefficient (Wildman–Crippen LogP) is 4.06. The van der Waals surface area contributed by atoms with E-state index in [0.717, 1.165) is 54.8 Å². The molecule has 0 aliphatic carbocycles. The summed E-state index contributed by atoms with van der Waals surface area (Å²) in [5.41, 5.74) is 2.37. The van der Waals surface area contributed by atoms with Crippen molar-refractivity contribution in [3.05, 3.63) is 69.7 Å². The van der Waals surface area contributed by atoms with Gasteiger partial charge in [-0.15, -0.1) is 0 Å². The lowest BCUT2D eigenvalue weighted by atomic mass is 10.1. The fourth-order valence-corrected chi connectivity index (χ4v) is 3.41. The summed E-state index contributed by atoms with van der Waals surface area (Å²) in [6, 6.07) is 15.7. The second-order valence-electron chi connectivity index (χ2n) is 6.50. The third-order valence-electron chi connectivity index (χ3n) is 4.56. The number of piperazine rings is 1. The summed E-state index contributed by atoms with van der Waals surface area (Å²) in [7, 11) is 0. The molecule has 1 fully saturated rings. The van der Waals surface area contributed by atoms with Gasteiger partial charge in [0.2, 0.25) is 0 Å². The van der Waals surface area contributed by atoms with E-state index < -0.39 is 0 Å². The molecule has 1 aliphatic heterocycles. The molecular weight excluding hydrogens is 369 g/mol. The number of halogens is 2. The molecule has 0 spiro atoms. The first-order valence-corrected chi connectivity index (χ1v) is 9.60. The summed E-state index contributed by atoms with van der Waals surface area (Å²) < 4.78 is 0. The fraction of sp³-hybridized carbons (Fsp3) is 0.350. The molecule has 0 unspecified atom stereocenters. The molecule has 6 heteroatoms. The molecule has 0 bridgehead atoms. The van der Waals surface area contributed by atoms with Crippen LogP contribution < -0.4 is 5.32 Å². The Hall–Kier alpha value is -1.75. The van der Waals surface area contributed by atoms with Gasteiger partial charge in [0.1, 0.15) is 0 Å². The van der Waals surface area contributed by atoms with Gasteiger partial charge in [0.15, 0.2) is 0 Å². The standard InChI is InChI=1S/C20H23Cl2N3O/c21-18-6-4-17(5-7-18)15-24-10-12-25(13-11-24)20(26)23-9-8-16-2-1-3-19(22)14-16/h1-7,14H,8-13,15H2,(H,23,26). The third-order valence-corrected chi connectivity index (χ3v) is 5.04. The summed E-state index contributed by atoms with van der Waals surface area (Å²) in [4.78, 5) is 16.6. The van der Waals surface area contributed by atoms with Crippen LogP contribution in [-0.4, -0.2) is 48.6 Å². The Bertz CT molecular complexity index is 728. The van der Waals surface area contributed by atoms with Gasteiger partial charge in [0, 0.05) is 49.3 Å². The van der Waals surface area contributed by atoms with Crippen molar-refractivity contribution in [1.82, 2.24) is 15.1 Å². The first-order valence-electron chi connectivity index (χ1n) is 8.84. The molecule has 3 rings (SSSR count). The van der Waals surface area contributed by atoms with Crippen LogP contribution in [0.15, 0.2) is 48.5 Å². The highest BCUT2D eigenvalue weighted by atomic mass is 35.5. The minimum Gasteiger partial charge on any atom is -0.338 e. The molecule has 138 valence electrons. The van der Waals surface area contributed by atoms with E-state index in [1.165, 1.54) is 5.56 Å². The van der Waals surface area contributed by atoms with E-state index in [1.807, 2.05) is 41.3 Å². The van der Waals surface area contributed by atoms with Gasteiger partial charge in [0.05, 0.1) is 0 Å². The highest BCUT2D eigenvalue weighted by Gasteiger charge is 2.20. The van der Waals surface area contributed by atoms with Gasteiger partial charge >= 0.3 is 6.03 Å². The van der Waals surface area contributed by atoms with Crippen LogP contribution in [0.3, 0.4) is 0 Å². The first kappa shape index (κ1) is 19.0. The van der Waals surface area contributed by atoms with Crippen LogP contribution in [0.25, 0.3) is 0 Å². The van der Waals surface area contributed by atoms with Crippen molar-refractivity contribution in [1.29, 1.82) is 0 Å². The Balaban J connectivity index is 1.38. The Morgan fingerprint density at radius 2 is 1.65 bits per heavy atom. The smallest absolute Gasteiger partial charge is 0.317 e. The normalized spacial score (nSPS) is 15.1. The molecule has 0 radical (unpaired) electrons. The number of nitrogens with one attached hydrogen (secondary N) is 1. The summed E-state index contributed by atoms with van der Waals surface area (Å²) in [5.74, 6) is 0. The number of hydrogen-bond acceptors (Lipinski definition) is 2. The summed E-state index contributed by atoms with van der Waals surface area (Å²) in [6.07, 6.45) is 0.781. The van der Waals surface area contributed by atoms with Crippen molar-refractivity contribution in [2.75, 3.05) is 32.7 Å². The number of urea groups is 1. The predicted molar refractivity (Wildman–Crippen MR) is 107 cm³/mol. The highest BCUT2D eigenvalue weighted by molar-refractivity contribution is 6.30. The monoisotopic (exact) mass is 391 g/mol. The van der Waals surface area contributed by atoms with E-state index in [2.05, 4.69) is 22.3 Å². The first-order chi connectivity index (χ1) is 12.6. The maximum atomic E-state index is 12.3. The van der Waals surface area contributed by atoms with E-state index in [0.29, 0.717) is 6.54 Å². The molecule has 2 aromatic carbocycles. The number of rotatable bonds is 5. The van der Waals surface area contributed by atoms with Crippen LogP contribution in [0.5, 0.6) is 0 Å². The molecule has 26 heavy (non-hydrogen) atoms. The van der Waals surface area contributed by atoms with E-state index in [4.69, 9.17) is 23.2 Å². The molecule has 0 atom stereocenters. The topological polar surface area (TPSA) is 35.6 Å². The second kappa shape index (κ2) is 9.26. The molecule has 2 aromatic rings. The highest BCUT2D eigenvalue weighted by Crippen LogP contribution is 2.13. The van der Waals surface area contributed by atoms with Gasteiger partial charge in [-0.05, 0) is 41.8 Å². The molecule has 1 heterocycles. The molecule has 2 amide bonds. The van der Waals surface area contributed by atoms with Gasteiger partial charge in [-0.25, -0.2) is 4.79 Å². The van der Waals surface area contributed by atoms with Crippen molar-refractivity contribution >= 4 is 29.2 Å². The number of benzene rings is 2. The van der Waals surface area contributed by atoms with Gasteiger partial charge in [-0.1, -0.05) is 47.5 Å². The SMILES string of the molecule is O=C(NCCc1cccc(Cl)c1)N1CCN(Cc2ccc(Cl)cc2)CC1. The molecule has 1 saturated heterocycles. The summed E-state index contributed by atoms with van der Waals surface area (Å²) >= 11 is 11.9. The van der Waals surface area contributed by atoms with Crippen LogP contribution in [0.4, 0.5) is 4.79 Å².